The van der Waals surface area contributed by atoms with Gasteiger partial charge in [-0.05, 0) is 32.6 Å². The van der Waals surface area contributed by atoms with Crippen LogP contribution >= 0.6 is 0 Å². The molecule has 6 heteroatoms. The highest BCUT2D eigenvalue weighted by molar-refractivity contribution is 5.80. The standard InChI is InChI=1S/C16H28N6/c1-4-17-16(18-12-6-5-7-12)19-13-8-9-14-20-21-15(11(2)3)22(14)10-13/h11-13H,4-10H2,1-3H3,(H2,17,18,19). The maximum atomic E-state index is 4.60. The van der Waals surface area contributed by atoms with Gasteiger partial charge in [-0.3, -0.25) is 4.99 Å². The average Bonchev–Trinajstić information content (AvgIpc) is 2.86. The van der Waals surface area contributed by atoms with E-state index in [1.807, 2.05) is 0 Å². The van der Waals surface area contributed by atoms with E-state index in [2.05, 4.69) is 51.2 Å². The quantitative estimate of drug-likeness (QED) is 0.658. The molecule has 22 heavy (non-hydrogen) atoms. The lowest BCUT2D eigenvalue weighted by molar-refractivity contribution is 0.367. The predicted octanol–water partition coefficient (Wildman–Crippen LogP) is 1.82. The summed E-state index contributed by atoms with van der Waals surface area (Å²) in [7, 11) is 0. The van der Waals surface area contributed by atoms with E-state index in [0.717, 1.165) is 43.5 Å². The number of aryl methyl sites for hydroxylation is 1. The molecule has 1 saturated carbocycles. The number of aliphatic imine (C=N–C) groups is 1. The van der Waals surface area contributed by atoms with Gasteiger partial charge in [0.2, 0.25) is 0 Å². The van der Waals surface area contributed by atoms with Gasteiger partial charge >= 0.3 is 0 Å². The fraction of sp³-hybridized carbons (Fsp3) is 0.812. The molecular weight excluding hydrogens is 276 g/mol. The molecule has 3 rings (SSSR count). The summed E-state index contributed by atoms with van der Waals surface area (Å²) in [4.78, 5) is 4.60. The number of rotatable bonds is 4. The Labute approximate surface area is 132 Å². The molecule has 1 unspecified atom stereocenters. The van der Waals surface area contributed by atoms with E-state index in [4.69, 9.17) is 0 Å². The molecule has 0 saturated heterocycles. The van der Waals surface area contributed by atoms with E-state index >= 15 is 0 Å². The highest BCUT2D eigenvalue weighted by Crippen LogP contribution is 2.21. The van der Waals surface area contributed by atoms with E-state index in [1.165, 1.54) is 19.3 Å². The van der Waals surface area contributed by atoms with Crippen LogP contribution in [0, 0.1) is 0 Å². The lowest BCUT2D eigenvalue weighted by atomic mass is 9.93. The van der Waals surface area contributed by atoms with Crippen LogP contribution in [-0.4, -0.2) is 39.4 Å². The summed E-state index contributed by atoms with van der Waals surface area (Å²) >= 11 is 0. The van der Waals surface area contributed by atoms with E-state index in [0.29, 0.717) is 18.0 Å². The van der Waals surface area contributed by atoms with Crippen LogP contribution in [0.3, 0.4) is 0 Å². The molecule has 1 fully saturated rings. The van der Waals surface area contributed by atoms with Crippen molar-refractivity contribution in [1.29, 1.82) is 0 Å². The van der Waals surface area contributed by atoms with Gasteiger partial charge in [0.1, 0.15) is 11.6 Å². The van der Waals surface area contributed by atoms with Gasteiger partial charge in [-0.2, -0.15) is 0 Å². The lowest BCUT2D eigenvalue weighted by Crippen LogP contribution is -2.51. The van der Waals surface area contributed by atoms with Gasteiger partial charge < -0.3 is 15.2 Å². The zero-order chi connectivity index (χ0) is 15.5. The van der Waals surface area contributed by atoms with Crippen LogP contribution in [-0.2, 0) is 13.0 Å². The highest BCUT2D eigenvalue weighted by atomic mass is 15.3. The van der Waals surface area contributed by atoms with Gasteiger partial charge in [0, 0.05) is 37.5 Å². The van der Waals surface area contributed by atoms with Crippen molar-refractivity contribution in [3.8, 4) is 0 Å². The first kappa shape index (κ1) is 15.3. The van der Waals surface area contributed by atoms with Gasteiger partial charge in [-0.25, -0.2) is 0 Å². The van der Waals surface area contributed by atoms with Gasteiger partial charge in [0.25, 0.3) is 0 Å². The van der Waals surface area contributed by atoms with Crippen LogP contribution in [0.15, 0.2) is 4.99 Å². The molecule has 0 aromatic carbocycles. The van der Waals surface area contributed by atoms with Crippen LogP contribution in [0.2, 0.25) is 0 Å². The number of nitrogens with one attached hydrogen (secondary N) is 2. The molecule has 122 valence electrons. The Balaban J connectivity index is 1.65. The predicted molar refractivity (Wildman–Crippen MR) is 88.1 cm³/mol. The van der Waals surface area contributed by atoms with E-state index in [1.54, 1.807) is 0 Å². The SMILES string of the molecule is CCN=C(NC1CCC1)NC1CCc2nnc(C(C)C)n2C1. The van der Waals surface area contributed by atoms with Crippen molar-refractivity contribution in [2.75, 3.05) is 6.54 Å². The lowest BCUT2D eigenvalue weighted by Gasteiger charge is -2.32. The summed E-state index contributed by atoms with van der Waals surface area (Å²) in [5.74, 6) is 3.61. The molecule has 2 N–H and O–H groups in total. The Morgan fingerprint density at radius 2 is 2.00 bits per heavy atom. The Morgan fingerprint density at radius 3 is 2.64 bits per heavy atom. The van der Waals surface area contributed by atoms with Crippen LogP contribution in [0.5, 0.6) is 0 Å². The number of fused-ring (bicyclic) bond motifs is 1. The van der Waals surface area contributed by atoms with E-state index < -0.39 is 0 Å². The van der Waals surface area contributed by atoms with Crippen molar-refractivity contribution in [3.05, 3.63) is 11.6 Å². The molecule has 1 aliphatic heterocycles. The first-order valence-corrected chi connectivity index (χ1v) is 8.66. The molecule has 0 bridgehead atoms. The third-order valence-electron chi connectivity index (χ3n) is 4.59. The zero-order valence-electron chi connectivity index (χ0n) is 14.0. The minimum atomic E-state index is 0.402. The maximum absolute atomic E-state index is 4.60. The summed E-state index contributed by atoms with van der Waals surface area (Å²) in [6, 6.07) is 1.01. The molecule has 1 aromatic heterocycles. The summed E-state index contributed by atoms with van der Waals surface area (Å²) in [5.41, 5.74) is 0. The molecule has 2 heterocycles. The molecule has 0 amide bonds. The van der Waals surface area contributed by atoms with Gasteiger partial charge in [-0.15, -0.1) is 10.2 Å². The van der Waals surface area contributed by atoms with Crippen molar-refractivity contribution in [1.82, 2.24) is 25.4 Å². The zero-order valence-corrected chi connectivity index (χ0v) is 14.0. The molecule has 6 nitrogen and oxygen atoms in total. The number of guanidine groups is 1. The van der Waals surface area contributed by atoms with Crippen LogP contribution < -0.4 is 10.6 Å². The second-order valence-corrected chi connectivity index (χ2v) is 6.71. The van der Waals surface area contributed by atoms with Crippen molar-refractivity contribution in [2.24, 2.45) is 4.99 Å². The first-order chi connectivity index (χ1) is 10.7. The number of hydrogen-bond donors (Lipinski definition) is 2. The fourth-order valence-corrected chi connectivity index (χ4v) is 3.12. The summed E-state index contributed by atoms with van der Waals surface area (Å²) < 4.78 is 2.29. The largest absolute Gasteiger partial charge is 0.354 e. The van der Waals surface area contributed by atoms with Gasteiger partial charge in [0.05, 0.1) is 0 Å². The summed E-state index contributed by atoms with van der Waals surface area (Å²) in [6.45, 7) is 8.18. The smallest absolute Gasteiger partial charge is 0.191 e. The molecule has 0 spiro atoms. The molecule has 2 aliphatic rings. The normalized spacial score (nSPS) is 22.4. The average molecular weight is 304 g/mol. The third-order valence-corrected chi connectivity index (χ3v) is 4.59. The molecule has 0 radical (unpaired) electrons. The number of nitrogens with zero attached hydrogens (tertiary/aromatic N) is 4. The Kier molecular flexibility index (Phi) is 4.64. The minimum absolute atomic E-state index is 0.402. The van der Waals surface area contributed by atoms with Gasteiger partial charge in [0.15, 0.2) is 5.96 Å². The van der Waals surface area contributed by atoms with Crippen molar-refractivity contribution in [2.45, 2.75) is 77.4 Å². The summed E-state index contributed by atoms with van der Waals surface area (Å²) in [6.07, 6.45) is 5.94. The van der Waals surface area contributed by atoms with Crippen LogP contribution in [0.25, 0.3) is 0 Å². The number of hydrogen-bond acceptors (Lipinski definition) is 3. The monoisotopic (exact) mass is 304 g/mol. The Hall–Kier alpha value is -1.59. The van der Waals surface area contributed by atoms with Crippen molar-refractivity contribution in [3.63, 3.8) is 0 Å². The van der Waals surface area contributed by atoms with Crippen LogP contribution in [0.1, 0.15) is 64.0 Å². The fourth-order valence-electron chi connectivity index (χ4n) is 3.12. The minimum Gasteiger partial charge on any atom is -0.354 e. The molecular formula is C16H28N6. The number of aromatic nitrogens is 3. The molecule has 1 atom stereocenters. The Bertz CT molecular complexity index is 529. The van der Waals surface area contributed by atoms with Gasteiger partial charge in [-0.1, -0.05) is 13.8 Å². The Morgan fingerprint density at radius 1 is 1.23 bits per heavy atom. The first-order valence-electron chi connectivity index (χ1n) is 8.66. The van der Waals surface area contributed by atoms with Crippen molar-refractivity contribution >= 4 is 5.96 Å². The van der Waals surface area contributed by atoms with Crippen LogP contribution in [0.4, 0.5) is 0 Å². The second kappa shape index (κ2) is 6.67. The molecule has 1 aromatic rings. The van der Waals surface area contributed by atoms with E-state index in [9.17, 15) is 0 Å². The maximum Gasteiger partial charge on any atom is 0.191 e. The topological polar surface area (TPSA) is 67.1 Å². The summed E-state index contributed by atoms with van der Waals surface area (Å²) in [5, 5.41) is 15.9. The highest BCUT2D eigenvalue weighted by Gasteiger charge is 2.25. The third kappa shape index (κ3) is 3.25. The molecule has 1 aliphatic carbocycles. The van der Waals surface area contributed by atoms with E-state index in [-0.39, 0.29) is 0 Å². The second-order valence-electron chi connectivity index (χ2n) is 6.71. The van der Waals surface area contributed by atoms with Crippen molar-refractivity contribution < 1.29 is 0 Å².